The number of imidazole rings is 1. The van der Waals surface area contributed by atoms with Gasteiger partial charge in [0.25, 0.3) is 0 Å². The van der Waals surface area contributed by atoms with E-state index in [4.69, 9.17) is 9.47 Å². The number of halogens is 1. The van der Waals surface area contributed by atoms with Crippen molar-refractivity contribution in [3.8, 4) is 22.9 Å². The van der Waals surface area contributed by atoms with Crippen LogP contribution in [0.25, 0.3) is 22.3 Å². The Morgan fingerprint density at radius 3 is 2.93 bits per heavy atom. The van der Waals surface area contributed by atoms with Crippen LogP contribution >= 0.6 is 0 Å². The Kier molecular flexibility index (Phi) is 4.85. The maximum Gasteiger partial charge on any atom is 0.240 e. The summed E-state index contributed by atoms with van der Waals surface area (Å²) >= 11 is 0. The molecule has 0 radical (unpaired) electrons. The van der Waals surface area contributed by atoms with E-state index in [2.05, 4.69) is 15.3 Å². The van der Waals surface area contributed by atoms with Gasteiger partial charge in [0, 0.05) is 25.6 Å². The highest BCUT2D eigenvalue weighted by Crippen LogP contribution is 2.30. The highest BCUT2D eigenvalue weighted by Gasteiger charge is 2.21. The molecule has 1 aliphatic rings. The molecule has 1 fully saturated rings. The van der Waals surface area contributed by atoms with Crippen molar-refractivity contribution in [2.45, 2.75) is 12.8 Å². The third-order valence-corrected chi connectivity index (χ3v) is 4.94. The number of rotatable bonds is 6. The molecule has 1 atom stereocenters. The first kappa shape index (κ1) is 18.2. The van der Waals surface area contributed by atoms with Gasteiger partial charge in [-0.1, -0.05) is 0 Å². The summed E-state index contributed by atoms with van der Waals surface area (Å²) < 4.78 is 26.9. The van der Waals surface area contributed by atoms with E-state index in [1.54, 1.807) is 18.5 Å². The van der Waals surface area contributed by atoms with Gasteiger partial charge >= 0.3 is 0 Å². The number of nitrogens with one attached hydrogen (secondary N) is 1. The second-order valence-electron chi connectivity index (χ2n) is 6.90. The second kappa shape index (κ2) is 7.46. The number of hydrogen-bond donors (Lipinski definition) is 1. The van der Waals surface area contributed by atoms with Crippen LogP contribution in [0.15, 0.2) is 30.6 Å². The lowest BCUT2D eigenvalue weighted by molar-refractivity contribution is -0.119. The number of nitrogens with zero attached hydrogens (tertiary/aromatic N) is 3. The molecule has 4 rings (SSSR count). The summed E-state index contributed by atoms with van der Waals surface area (Å²) in [6.07, 6.45) is 2.97. The molecule has 28 heavy (non-hydrogen) atoms. The standard InChI is InChI=1S/C20H21FN4O3/c1-25-11-23-16-9-15(13-3-4-17(27-2)14(21)8-13)24-20(19(16)25)28-6-5-12-7-18(26)22-10-12/h3-4,8-9,11-12H,5-7,10H2,1-2H3,(H,22,26)/t12-/m1/s1. The Morgan fingerprint density at radius 1 is 1.36 bits per heavy atom. The van der Waals surface area contributed by atoms with Gasteiger partial charge in [0.05, 0.1) is 31.3 Å². The second-order valence-corrected chi connectivity index (χ2v) is 6.90. The van der Waals surface area contributed by atoms with Gasteiger partial charge in [0.1, 0.15) is 5.52 Å². The third-order valence-electron chi connectivity index (χ3n) is 4.94. The van der Waals surface area contributed by atoms with Gasteiger partial charge in [-0.15, -0.1) is 0 Å². The molecule has 0 spiro atoms. The van der Waals surface area contributed by atoms with Gasteiger partial charge in [-0.3, -0.25) is 4.79 Å². The number of aromatic nitrogens is 3. The van der Waals surface area contributed by atoms with Gasteiger partial charge in [-0.25, -0.2) is 14.4 Å². The minimum absolute atomic E-state index is 0.0840. The molecule has 1 amide bonds. The number of ether oxygens (including phenoxy) is 2. The van der Waals surface area contributed by atoms with Crippen molar-refractivity contribution in [2.24, 2.45) is 13.0 Å². The molecule has 3 heterocycles. The van der Waals surface area contributed by atoms with E-state index in [-0.39, 0.29) is 17.6 Å². The zero-order valence-electron chi connectivity index (χ0n) is 15.7. The predicted octanol–water partition coefficient (Wildman–Crippen LogP) is 2.69. The van der Waals surface area contributed by atoms with E-state index in [0.29, 0.717) is 36.7 Å². The first-order valence-electron chi connectivity index (χ1n) is 9.10. The number of aryl methyl sites for hydroxylation is 1. The topological polar surface area (TPSA) is 78.3 Å². The summed E-state index contributed by atoms with van der Waals surface area (Å²) in [7, 11) is 3.30. The first-order chi connectivity index (χ1) is 13.5. The maximum absolute atomic E-state index is 14.1. The molecule has 0 aliphatic carbocycles. The monoisotopic (exact) mass is 384 g/mol. The fourth-order valence-corrected chi connectivity index (χ4v) is 3.40. The van der Waals surface area contributed by atoms with E-state index in [9.17, 15) is 9.18 Å². The highest BCUT2D eigenvalue weighted by molar-refractivity contribution is 5.84. The van der Waals surface area contributed by atoms with Crippen molar-refractivity contribution in [3.05, 3.63) is 36.4 Å². The molecule has 1 saturated heterocycles. The average molecular weight is 384 g/mol. The molecule has 1 aliphatic heterocycles. The Labute approximate surface area is 161 Å². The van der Waals surface area contributed by atoms with E-state index in [0.717, 1.165) is 17.5 Å². The van der Waals surface area contributed by atoms with Crippen molar-refractivity contribution < 1.29 is 18.7 Å². The molecule has 2 aromatic heterocycles. The van der Waals surface area contributed by atoms with Gasteiger partial charge in [-0.2, -0.15) is 0 Å². The molecular formula is C20H21FN4O3. The van der Waals surface area contributed by atoms with Crippen LogP contribution in [0, 0.1) is 11.7 Å². The number of amides is 1. The molecule has 8 heteroatoms. The number of fused-ring (bicyclic) bond motifs is 1. The molecule has 0 bridgehead atoms. The van der Waals surface area contributed by atoms with Gasteiger partial charge < -0.3 is 19.4 Å². The Morgan fingerprint density at radius 2 is 2.21 bits per heavy atom. The Balaban J connectivity index is 1.62. The predicted molar refractivity (Wildman–Crippen MR) is 102 cm³/mol. The summed E-state index contributed by atoms with van der Waals surface area (Å²) in [4.78, 5) is 20.3. The Hall–Kier alpha value is -3.16. The van der Waals surface area contributed by atoms with Crippen LogP contribution in [0.1, 0.15) is 12.8 Å². The largest absolute Gasteiger partial charge is 0.494 e. The van der Waals surface area contributed by atoms with Gasteiger partial charge in [-0.05, 0) is 36.6 Å². The van der Waals surface area contributed by atoms with Crippen LogP contribution in [0.3, 0.4) is 0 Å². The molecule has 7 nitrogen and oxygen atoms in total. The zero-order valence-corrected chi connectivity index (χ0v) is 15.7. The average Bonchev–Trinajstić information content (AvgIpc) is 3.27. The van der Waals surface area contributed by atoms with Crippen LogP contribution < -0.4 is 14.8 Å². The molecule has 0 saturated carbocycles. The minimum Gasteiger partial charge on any atom is -0.494 e. The molecular weight excluding hydrogens is 363 g/mol. The molecule has 3 aromatic rings. The van der Waals surface area contributed by atoms with Crippen molar-refractivity contribution in [3.63, 3.8) is 0 Å². The summed E-state index contributed by atoms with van der Waals surface area (Å²) in [5, 5.41) is 2.83. The number of methoxy groups -OCH3 is 1. The lowest BCUT2D eigenvalue weighted by Crippen LogP contribution is -2.14. The summed E-state index contributed by atoms with van der Waals surface area (Å²) in [5.74, 6) is 0.526. The van der Waals surface area contributed by atoms with Crippen LogP contribution in [-0.2, 0) is 11.8 Å². The fourth-order valence-electron chi connectivity index (χ4n) is 3.40. The number of carbonyl (C=O) groups is 1. The van der Waals surface area contributed by atoms with Crippen molar-refractivity contribution in [1.82, 2.24) is 19.9 Å². The molecule has 1 N–H and O–H groups in total. The normalized spacial score (nSPS) is 16.4. The van der Waals surface area contributed by atoms with Crippen LogP contribution in [-0.4, -0.2) is 40.7 Å². The number of carbonyl (C=O) groups excluding carboxylic acids is 1. The lowest BCUT2D eigenvalue weighted by Gasteiger charge is -2.12. The fraction of sp³-hybridized carbons (Fsp3) is 0.350. The molecule has 0 unspecified atom stereocenters. The highest BCUT2D eigenvalue weighted by atomic mass is 19.1. The van der Waals surface area contributed by atoms with Crippen LogP contribution in [0.5, 0.6) is 11.6 Å². The Bertz CT molecular complexity index is 1030. The molecule has 1 aromatic carbocycles. The van der Waals surface area contributed by atoms with E-state index in [1.807, 2.05) is 17.7 Å². The maximum atomic E-state index is 14.1. The summed E-state index contributed by atoms with van der Waals surface area (Å²) in [6, 6.07) is 6.51. The minimum atomic E-state index is -0.455. The number of pyridine rings is 1. The quantitative estimate of drug-likeness (QED) is 0.707. The van der Waals surface area contributed by atoms with E-state index < -0.39 is 5.82 Å². The van der Waals surface area contributed by atoms with Crippen molar-refractivity contribution >= 4 is 16.9 Å². The number of hydrogen-bond acceptors (Lipinski definition) is 5. The van der Waals surface area contributed by atoms with Crippen LogP contribution in [0.4, 0.5) is 4.39 Å². The SMILES string of the molecule is COc1ccc(-c2cc3ncn(C)c3c(OCC[C@H]3CNC(=O)C3)n2)cc1F. The summed E-state index contributed by atoms with van der Waals surface area (Å²) in [5.41, 5.74) is 2.68. The van der Waals surface area contributed by atoms with Gasteiger partial charge in [0.15, 0.2) is 11.6 Å². The zero-order chi connectivity index (χ0) is 19.7. The van der Waals surface area contributed by atoms with Crippen molar-refractivity contribution in [1.29, 1.82) is 0 Å². The van der Waals surface area contributed by atoms with Crippen LogP contribution in [0.2, 0.25) is 0 Å². The smallest absolute Gasteiger partial charge is 0.240 e. The molecule has 146 valence electrons. The summed E-state index contributed by atoms with van der Waals surface area (Å²) in [6.45, 7) is 1.12. The van der Waals surface area contributed by atoms with Crippen molar-refractivity contribution in [2.75, 3.05) is 20.3 Å². The first-order valence-corrected chi connectivity index (χ1v) is 9.10. The van der Waals surface area contributed by atoms with Gasteiger partial charge in [0.2, 0.25) is 11.8 Å². The lowest BCUT2D eigenvalue weighted by atomic mass is 10.1. The van der Waals surface area contributed by atoms with E-state index >= 15 is 0 Å². The third kappa shape index (κ3) is 3.49. The van der Waals surface area contributed by atoms with E-state index in [1.165, 1.54) is 13.2 Å². The number of benzene rings is 1.